The largest absolute Gasteiger partial charge is 0.496 e. The zero-order chi connectivity index (χ0) is 18.8. The minimum Gasteiger partial charge on any atom is -0.496 e. The van der Waals surface area contributed by atoms with Crippen molar-refractivity contribution in [3.63, 3.8) is 0 Å². The van der Waals surface area contributed by atoms with E-state index in [4.69, 9.17) is 10.5 Å². The molecule has 2 N–H and O–H groups in total. The number of rotatable bonds is 4. The lowest BCUT2D eigenvalue weighted by molar-refractivity contribution is -0.146. The topological polar surface area (TPSA) is 75.9 Å². The second-order valence-electron chi connectivity index (χ2n) is 8.61. The van der Waals surface area contributed by atoms with E-state index in [-0.39, 0.29) is 17.9 Å². The molecule has 5 fully saturated rings. The Bertz CT molecular complexity index is 783. The fourth-order valence-corrected chi connectivity index (χ4v) is 5.87. The van der Waals surface area contributed by atoms with E-state index in [1.54, 1.807) is 7.11 Å². The van der Waals surface area contributed by atoms with Crippen LogP contribution < -0.4 is 10.5 Å². The van der Waals surface area contributed by atoms with Gasteiger partial charge in [-0.15, -0.1) is 0 Å². The lowest BCUT2D eigenvalue weighted by Gasteiger charge is -2.51. The number of carbonyl (C=O) groups excluding carboxylic acids is 2. The van der Waals surface area contributed by atoms with Crippen molar-refractivity contribution in [2.75, 3.05) is 26.7 Å². The third kappa shape index (κ3) is 2.35. The fourth-order valence-electron chi connectivity index (χ4n) is 5.87. The van der Waals surface area contributed by atoms with Crippen molar-refractivity contribution in [2.24, 2.45) is 17.1 Å². The Balaban J connectivity index is 1.54. The maximum atomic E-state index is 13.4. The Kier molecular flexibility index (Phi) is 3.76. The Morgan fingerprint density at radius 1 is 1.15 bits per heavy atom. The monoisotopic (exact) mass is 369 g/mol. The number of likely N-dealkylation sites (tertiary alicyclic amines) is 1. The van der Waals surface area contributed by atoms with Crippen molar-refractivity contribution in [1.29, 1.82) is 0 Å². The third-order valence-corrected chi connectivity index (χ3v) is 7.42. The molecule has 0 radical (unpaired) electrons. The summed E-state index contributed by atoms with van der Waals surface area (Å²) in [5.41, 5.74) is 5.85. The van der Waals surface area contributed by atoms with E-state index in [0.29, 0.717) is 31.3 Å². The van der Waals surface area contributed by atoms with Crippen LogP contribution in [-0.4, -0.2) is 60.4 Å². The van der Waals surface area contributed by atoms with Crippen molar-refractivity contribution >= 4 is 11.8 Å². The van der Waals surface area contributed by atoms with E-state index in [1.807, 2.05) is 23.1 Å². The van der Waals surface area contributed by atoms with E-state index in [2.05, 4.69) is 11.0 Å². The lowest BCUT2D eigenvalue weighted by Crippen LogP contribution is -2.61. The zero-order valence-electron chi connectivity index (χ0n) is 15.8. The summed E-state index contributed by atoms with van der Waals surface area (Å²) in [5, 5.41) is 0. The predicted molar refractivity (Wildman–Crippen MR) is 100 cm³/mol. The highest BCUT2D eigenvalue weighted by atomic mass is 16.5. The van der Waals surface area contributed by atoms with Gasteiger partial charge in [0.25, 0.3) is 0 Å². The quantitative estimate of drug-likeness (QED) is 0.813. The molecule has 6 nitrogen and oxygen atoms in total. The average Bonchev–Trinajstić information content (AvgIpc) is 3.42. The number of nitrogens with zero attached hydrogens (tertiary/aromatic N) is 2. The number of hydrogen-bond donors (Lipinski definition) is 1. The first kappa shape index (κ1) is 17.0. The second kappa shape index (κ2) is 5.96. The summed E-state index contributed by atoms with van der Waals surface area (Å²) in [7, 11) is 1.70. The van der Waals surface area contributed by atoms with E-state index in [0.717, 1.165) is 31.7 Å². The van der Waals surface area contributed by atoms with Gasteiger partial charge in [-0.05, 0) is 50.8 Å². The second-order valence-corrected chi connectivity index (χ2v) is 8.61. The first-order chi connectivity index (χ1) is 13.1. The third-order valence-electron chi connectivity index (χ3n) is 7.42. The van der Waals surface area contributed by atoms with Crippen LogP contribution >= 0.6 is 0 Å². The highest BCUT2D eigenvalue weighted by Crippen LogP contribution is 2.53. The first-order valence-corrected chi connectivity index (χ1v) is 10.0. The first-order valence-electron chi connectivity index (χ1n) is 10.0. The number of piperidine rings is 3. The summed E-state index contributed by atoms with van der Waals surface area (Å²) in [6, 6.07) is 8.64. The van der Waals surface area contributed by atoms with E-state index < -0.39 is 11.3 Å². The van der Waals surface area contributed by atoms with Crippen LogP contribution in [0.25, 0.3) is 0 Å². The average molecular weight is 369 g/mol. The molecule has 0 aromatic heterocycles. The molecule has 0 unspecified atom stereocenters. The number of hydrogen-bond acceptors (Lipinski definition) is 4. The van der Waals surface area contributed by atoms with E-state index in [9.17, 15) is 9.59 Å². The van der Waals surface area contributed by atoms with Gasteiger partial charge in [0, 0.05) is 24.1 Å². The molecule has 2 bridgehead atoms. The van der Waals surface area contributed by atoms with E-state index in [1.165, 1.54) is 5.56 Å². The maximum Gasteiger partial charge on any atom is 0.238 e. The Hall–Kier alpha value is -2.08. The molecule has 6 rings (SSSR count). The number of fused-ring (bicyclic) bond motifs is 2. The minimum atomic E-state index is -0.938. The number of nitrogens with two attached hydrogens (primary N) is 1. The summed E-state index contributed by atoms with van der Waals surface area (Å²) in [5.74, 6) is 1.13. The number of amides is 2. The van der Waals surface area contributed by atoms with Gasteiger partial charge >= 0.3 is 0 Å². The molecule has 1 aliphatic carbocycles. The van der Waals surface area contributed by atoms with Crippen molar-refractivity contribution < 1.29 is 14.3 Å². The summed E-state index contributed by atoms with van der Waals surface area (Å²) in [4.78, 5) is 30.0. The summed E-state index contributed by atoms with van der Waals surface area (Å²) >= 11 is 0. The van der Waals surface area contributed by atoms with Crippen LogP contribution in [0.15, 0.2) is 24.3 Å². The smallest absolute Gasteiger partial charge is 0.238 e. The Morgan fingerprint density at radius 3 is 2.48 bits per heavy atom. The molecule has 27 heavy (non-hydrogen) atoms. The number of methoxy groups -OCH3 is 1. The molecule has 144 valence electrons. The van der Waals surface area contributed by atoms with Crippen LogP contribution in [-0.2, 0) is 9.59 Å². The molecule has 5 aliphatic rings. The van der Waals surface area contributed by atoms with Crippen molar-refractivity contribution in [2.45, 2.75) is 43.7 Å². The van der Waals surface area contributed by atoms with Gasteiger partial charge in [0.15, 0.2) is 0 Å². The van der Waals surface area contributed by atoms with Gasteiger partial charge in [0.2, 0.25) is 11.8 Å². The molecular weight excluding hydrogens is 342 g/mol. The van der Waals surface area contributed by atoms with Gasteiger partial charge in [0.1, 0.15) is 11.2 Å². The molecule has 4 saturated heterocycles. The number of carbonyl (C=O) groups is 2. The Labute approximate surface area is 159 Å². The van der Waals surface area contributed by atoms with Gasteiger partial charge < -0.3 is 15.4 Å². The summed E-state index contributed by atoms with van der Waals surface area (Å²) in [6.45, 7) is 2.84. The molecule has 0 spiro atoms. The normalized spacial score (nSPS) is 35.6. The zero-order valence-corrected chi connectivity index (χ0v) is 15.8. The SMILES string of the molecule is COc1ccccc1[C@H]1CN(C(=O)C2(C(N)=O)CC2)[C@@H]2C3CCN(CC3)[C@H]12. The van der Waals surface area contributed by atoms with Crippen LogP contribution in [0.1, 0.15) is 37.2 Å². The van der Waals surface area contributed by atoms with E-state index >= 15 is 0 Å². The van der Waals surface area contributed by atoms with Crippen LogP contribution in [0.3, 0.4) is 0 Å². The van der Waals surface area contributed by atoms with Gasteiger partial charge in [-0.25, -0.2) is 0 Å². The van der Waals surface area contributed by atoms with Crippen LogP contribution in [0.2, 0.25) is 0 Å². The van der Waals surface area contributed by atoms with Gasteiger partial charge in [0.05, 0.1) is 13.2 Å². The van der Waals surface area contributed by atoms with Gasteiger partial charge in [-0.3, -0.25) is 14.5 Å². The van der Waals surface area contributed by atoms with Crippen molar-refractivity contribution in [3.8, 4) is 5.75 Å². The maximum absolute atomic E-state index is 13.4. The summed E-state index contributed by atoms with van der Waals surface area (Å²) < 4.78 is 5.64. The molecule has 6 heteroatoms. The van der Waals surface area contributed by atoms with Crippen molar-refractivity contribution in [1.82, 2.24) is 9.80 Å². The molecule has 3 atom stereocenters. The molecule has 1 saturated carbocycles. The highest BCUT2D eigenvalue weighted by Gasteiger charge is 2.62. The highest BCUT2D eigenvalue weighted by molar-refractivity contribution is 6.07. The number of ether oxygens (including phenoxy) is 1. The number of para-hydroxylation sites is 1. The molecular formula is C21H27N3O3. The van der Waals surface area contributed by atoms with Crippen LogP contribution in [0.5, 0.6) is 5.75 Å². The standard InChI is InChI=1S/C21H27N3O3/c1-27-16-5-3-2-4-14(16)15-12-24(20(26)21(8-9-21)19(22)25)17-13-6-10-23(11-7-13)18(15)17/h2-5,13,15,17-18H,6-12H2,1H3,(H2,22,25)/t15-,17-,18-/m1/s1. The molecule has 1 aromatic rings. The molecule has 4 heterocycles. The lowest BCUT2D eigenvalue weighted by atomic mass is 9.75. The molecule has 2 amide bonds. The van der Waals surface area contributed by atoms with Gasteiger partial charge in [-0.2, -0.15) is 0 Å². The summed E-state index contributed by atoms with van der Waals surface area (Å²) in [6.07, 6.45) is 3.46. The fraction of sp³-hybridized carbons (Fsp3) is 0.619. The number of benzene rings is 1. The van der Waals surface area contributed by atoms with Gasteiger partial charge in [-0.1, -0.05) is 18.2 Å². The molecule has 4 aliphatic heterocycles. The van der Waals surface area contributed by atoms with Crippen LogP contribution in [0, 0.1) is 11.3 Å². The molecule has 1 aromatic carbocycles. The predicted octanol–water partition coefficient (Wildman–Crippen LogP) is 1.35. The Morgan fingerprint density at radius 2 is 1.85 bits per heavy atom. The number of primary amides is 1. The van der Waals surface area contributed by atoms with Crippen LogP contribution in [0.4, 0.5) is 0 Å². The van der Waals surface area contributed by atoms with Crippen molar-refractivity contribution in [3.05, 3.63) is 29.8 Å². The minimum absolute atomic E-state index is 0.0313.